The highest BCUT2D eigenvalue weighted by Crippen LogP contribution is 2.20. The molecule has 0 aliphatic rings. The average Bonchev–Trinajstić information content (AvgIpc) is 2.67. The van der Waals surface area contributed by atoms with E-state index in [1.807, 2.05) is 18.7 Å². The second kappa shape index (κ2) is 13.2. The van der Waals surface area contributed by atoms with Gasteiger partial charge in [0.15, 0.2) is 0 Å². The predicted octanol–water partition coefficient (Wildman–Crippen LogP) is 3.88. The zero-order chi connectivity index (χ0) is 20.9. The van der Waals surface area contributed by atoms with Crippen LogP contribution in [0.15, 0.2) is 24.3 Å². The van der Waals surface area contributed by atoms with Gasteiger partial charge in [0, 0.05) is 31.0 Å². The molecule has 0 saturated heterocycles. The number of nitrogens with one attached hydrogen (secondary N) is 1. The lowest BCUT2D eigenvalue weighted by molar-refractivity contribution is -0.141. The van der Waals surface area contributed by atoms with Gasteiger partial charge in [0.1, 0.15) is 0 Å². The Balaban J connectivity index is 2.59. The molecule has 2 amide bonds. The molecule has 1 N–H and O–H groups in total. The lowest BCUT2D eigenvalue weighted by Crippen LogP contribution is -2.33. The van der Waals surface area contributed by atoms with E-state index in [2.05, 4.69) is 5.32 Å². The summed E-state index contributed by atoms with van der Waals surface area (Å²) in [5.41, 5.74) is 0.774. The van der Waals surface area contributed by atoms with Gasteiger partial charge in [0.2, 0.25) is 11.8 Å². The number of carbonyl (C=O) groups excluding carboxylic acids is 3. The molecule has 0 aliphatic heterocycles. The third-order valence-corrected chi connectivity index (χ3v) is 4.59. The van der Waals surface area contributed by atoms with Crippen LogP contribution in [0.1, 0.15) is 64.0 Å². The molecule has 156 valence electrons. The van der Waals surface area contributed by atoms with Gasteiger partial charge in [0.05, 0.1) is 19.6 Å². The van der Waals surface area contributed by atoms with E-state index in [4.69, 9.17) is 16.3 Å². The van der Waals surface area contributed by atoms with E-state index in [1.54, 1.807) is 24.3 Å². The lowest BCUT2D eigenvalue weighted by atomic mass is 10.0. The number of methoxy groups -OCH3 is 1. The summed E-state index contributed by atoms with van der Waals surface area (Å²) in [4.78, 5) is 38.2. The van der Waals surface area contributed by atoms with Crippen LogP contribution in [0.2, 0.25) is 5.02 Å². The van der Waals surface area contributed by atoms with E-state index in [1.165, 1.54) is 7.11 Å². The highest BCUT2D eigenvalue weighted by molar-refractivity contribution is 6.30. The van der Waals surface area contributed by atoms with Crippen molar-refractivity contribution >= 4 is 29.4 Å². The van der Waals surface area contributed by atoms with Crippen LogP contribution in [-0.2, 0) is 19.1 Å². The maximum atomic E-state index is 12.4. The van der Waals surface area contributed by atoms with E-state index in [0.717, 1.165) is 31.5 Å². The SMILES string of the molecule is CCCN(CCC)C(=O)CCCC(=O)NC(CC(=O)OC)c1ccc(Cl)cc1. The standard InChI is InChI=1S/C21H31ClN2O4/c1-4-13-24(14-5-2)20(26)8-6-7-19(25)23-18(15-21(27)28-3)16-9-11-17(22)12-10-16/h9-12,18H,4-8,13-15H2,1-3H3,(H,23,25). The molecule has 1 rings (SSSR count). The Morgan fingerprint density at radius 1 is 1.07 bits per heavy atom. The second-order valence-electron chi connectivity index (χ2n) is 6.69. The molecule has 0 spiro atoms. The van der Waals surface area contributed by atoms with Crippen LogP contribution in [0.3, 0.4) is 0 Å². The fraction of sp³-hybridized carbons (Fsp3) is 0.571. The number of hydrogen-bond donors (Lipinski definition) is 1. The molecule has 0 fully saturated rings. The molecule has 1 aromatic carbocycles. The van der Waals surface area contributed by atoms with Crippen LogP contribution in [0.25, 0.3) is 0 Å². The van der Waals surface area contributed by atoms with E-state index < -0.39 is 12.0 Å². The van der Waals surface area contributed by atoms with Crippen molar-refractivity contribution in [3.05, 3.63) is 34.9 Å². The molecule has 1 atom stereocenters. The van der Waals surface area contributed by atoms with Crippen LogP contribution >= 0.6 is 11.6 Å². The molecule has 28 heavy (non-hydrogen) atoms. The molecule has 6 nitrogen and oxygen atoms in total. The summed E-state index contributed by atoms with van der Waals surface area (Å²) in [6, 6.07) is 6.47. The van der Waals surface area contributed by atoms with Gasteiger partial charge in [-0.3, -0.25) is 14.4 Å². The first kappa shape index (κ1) is 24.0. The van der Waals surface area contributed by atoms with Crippen molar-refractivity contribution in [1.82, 2.24) is 10.2 Å². The smallest absolute Gasteiger partial charge is 0.307 e. The Hall–Kier alpha value is -2.08. The molecule has 0 aliphatic carbocycles. The van der Waals surface area contributed by atoms with Gasteiger partial charge in [0.25, 0.3) is 0 Å². The fourth-order valence-corrected chi connectivity index (χ4v) is 3.05. The Morgan fingerprint density at radius 2 is 1.68 bits per heavy atom. The van der Waals surface area contributed by atoms with E-state index in [-0.39, 0.29) is 24.7 Å². The van der Waals surface area contributed by atoms with Gasteiger partial charge in [-0.15, -0.1) is 0 Å². The molecule has 1 unspecified atom stereocenters. The maximum Gasteiger partial charge on any atom is 0.307 e. The molecule has 0 saturated carbocycles. The number of halogens is 1. The van der Waals surface area contributed by atoms with Crippen molar-refractivity contribution in [2.75, 3.05) is 20.2 Å². The number of nitrogens with zero attached hydrogens (tertiary/aromatic N) is 1. The average molecular weight is 411 g/mol. The first-order valence-corrected chi connectivity index (χ1v) is 10.2. The number of carbonyl (C=O) groups is 3. The van der Waals surface area contributed by atoms with Crippen molar-refractivity contribution in [2.45, 2.75) is 58.4 Å². The van der Waals surface area contributed by atoms with Crippen LogP contribution < -0.4 is 5.32 Å². The lowest BCUT2D eigenvalue weighted by Gasteiger charge is -2.21. The zero-order valence-corrected chi connectivity index (χ0v) is 17.8. The van der Waals surface area contributed by atoms with E-state index >= 15 is 0 Å². The number of ether oxygens (including phenoxy) is 1. The molecular formula is C21H31ClN2O4. The number of hydrogen-bond acceptors (Lipinski definition) is 4. The monoisotopic (exact) mass is 410 g/mol. The van der Waals surface area contributed by atoms with Gasteiger partial charge < -0.3 is 15.0 Å². The Labute approximate surface area is 172 Å². The Kier molecular flexibility index (Phi) is 11.3. The van der Waals surface area contributed by atoms with Crippen molar-refractivity contribution in [1.29, 1.82) is 0 Å². The van der Waals surface area contributed by atoms with Crippen LogP contribution in [0.5, 0.6) is 0 Å². The summed E-state index contributed by atoms with van der Waals surface area (Å²) in [5.74, 6) is -0.528. The van der Waals surface area contributed by atoms with Crippen LogP contribution in [-0.4, -0.2) is 42.9 Å². The maximum absolute atomic E-state index is 12.4. The van der Waals surface area contributed by atoms with Gasteiger partial charge in [-0.25, -0.2) is 0 Å². The number of esters is 1. The molecule has 0 heterocycles. The minimum absolute atomic E-state index is 0.0313. The molecule has 0 bridgehead atoms. The fourth-order valence-electron chi connectivity index (χ4n) is 2.92. The topological polar surface area (TPSA) is 75.7 Å². The zero-order valence-electron chi connectivity index (χ0n) is 17.0. The highest BCUT2D eigenvalue weighted by atomic mass is 35.5. The summed E-state index contributed by atoms with van der Waals surface area (Å²) in [6.07, 6.45) is 2.91. The minimum Gasteiger partial charge on any atom is -0.469 e. The summed E-state index contributed by atoms with van der Waals surface area (Å²) < 4.78 is 4.73. The molecule has 0 aromatic heterocycles. The van der Waals surface area contributed by atoms with Gasteiger partial charge in [-0.05, 0) is 37.0 Å². The summed E-state index contributed by atoms with van der Waals surface area (Å²) in [7, 11) is 1.31. The largest absolute Gasteiger partial charge is 0.469 e. The Morgan fingerprint density at radius 3 is 2.21 bits per heavy atom. The summed E-state index contributed by atoms with van der Waals surface area (Å²) in [5, 5.41) is 3.44. The highest BCUT2D eigenvalue weighted by Gasteiger charge is 2.19. The van der Waals surface area contributed by atoms with Gasteiger partial charge in [-0.1, -0.05) is 37.6 Å². The third kappa shape index (κ3) is 8.74. The second-order valence-corrected chi connectivity index (χ2v) is 7.12. The van der Waals surface area contributed by atoms with Crippen molar-refractivity contribution in [2.24, 2.45) is 0 Å². The predicted molar refractivity (Wildman–Crippen MR) is 110 cm³/mol. The summed E-state index contributed by atoms with van der Waals surface area (Å²) in [6.45, 7) is 5.58. The Bertz CT molecular complexity index is 628. The number of amides is 2. The normalized spacial score (nSPS) is 11.6. The summed E-state index contributed by atoms with van der Waals surface area (Å²) >= 11 is 5.91. The first-order valence-electron chi connectivity index (χ1n) is 9.80. The number of benzene rings is 1. The molecular weight excluding hydrogens is 380 g/mol. The van der Waals surface area contributed by atoms with Crippen LogP contribution in [0, 0.1) is 0 Å². The first-order chi connectivity index (χ1) is 13.4. The van der Waals surface area contributed by atoms with Crippen LogP contribution in [0.4, 0.5) is 0 Å². The van der Waals surface area contributed by atoms with E-state index in [9.17, 15) is 14.4 Å². The van der Waals surface area contributed by atoms with E-state index in [0.29, 0.717) is 17.9 Å². The van der Waals surface area contributed by atoms with Crippen molar-refractivity contribution < 1.29 is 19.1 Å². The quantitative estimate of drug-likeness (QED) is 0.530. The number of rotatable bonds is 12. The van der Waals surface area contributed by atoms with Crippen molar-refractivity contribution in [3.8, 4) is 0 Å². The van der Waals surface area contributed by atoms with Gasteiger partial charge >= 0.3 is 5.97 Å². The van der Waals surface area contributed by atoms with Gasteiger partial charge in [-0.2, -0.15) is 0 Å². The third-order valence-electron chi connectivity index (χ3n) is 4.34. The molecule has 1 aromatic rings. The minimum atomic E-state index is -0.496. The molecule has 7 heteroatoms. The molecule has 0 radical (unpaired) electrons. The van der Waals surface area contributed by atoms with Crippen molar-refractivity contribution in [3.63, 3.8) is 0 Å².